The first-order chi connectivity index (χ1) is 9.66. The molecule has 2 aromatic heterocycles. The van der Waals surface area contributed by atoms with E-state index in [9.17, 15) is 4.79 Å². The molecule has 0 saturated carbocycles. The van der Waals surface area contributed by atoms with Gasteiger partial charge in [0.1, 0.15) is 0 Å². The van der Waals surface area contributed by atoms with E-state index in [1.54, 1.807) is 11.3 Å². The molecular formula is C17H15NOS. The van der Waals surface area contributed by atoms with Crippen LogP contribution in [-0.4, -0.2) is 4.57 Å². The summed E-state index contributed by atoms with van der Waals surface area (Å²) in [6, 6.07) is 11.9. The van der Waals surface area contributed by atoms with Crippen LogP contribution < -0.4 is 5.43 Å². The molecular weight excluding hydrogens is 266 g/mol. The highest BCUT2D eigenvalue weighted by Gasteiger charge is 2.13. The predicted molar refractivity (Wildman–Crippen MR) is 85.2 cm³/mol. The van der Waals surface area contributed by atoms with Crippen LogP contribution in [-0.2, 0) is 7.05 Å². The number of hydrogen-bond donors (Lipinski definition) is 0. The zero-order valence-corrected chi connectivity index (χ0v) is 12.3. The van der Waals surface area contributed by atoms with Crippen molar-refractivity contribution in [3.05, 3.63) is 70.0 Å². The zero-order valence-electron chi connectivity index (χ0n) is 11.5. The number of rotatable bonds is 2. The average Bonchev–Trinajstić information content (AvgIpc) is 2.88. The van der Waals surface area contributed by atoms with E-state index >= 15 is 0 Å². The van der Waals surface area contributed by atoms with Crippen molar-refractivity contribution >= 4 is 11.3 Å². The van der Waals surface area contributed by atoms with Crippen molar-refractivity contribution in [3.63, 3.8) is 0 Å². The van der Waals surface area contributed by atoms with E-state index in [-0.39, 0.29) is 5.43 Å². The van der Waals surface area contributed by atoms with Gasteiger partial charge < -0.3 is 4.57 Å². The van der Waals surface area contributed by atoms with Crippen LogP contribution in [0.15, 0.2) is 59.0 Å². The molecule has 2 nitrogen and oxygen atoms in total. The van der Waals surface area contributed by atoms with Gasteiger partial charge in [-0.3, -0.25) is 4.79 Å². The molecule has 3 aromatic rings. The van der Waals surface area contributed by atoms with Crippen LogP contribution in [0.4, 0.5) is 0 Å². The van der Waals surface area contributed by atoms with Gasteiger partial charge in [-0.15, -0.1) is 11.3 Å². The summed E-state index contributed by atoms with van der Waals surface area (Å²) in [5.41, 5.74) is 3.74. The van der Waals surface area contributed by atoms with Gasteiger partial charge in [-0.25, -0.2) is 0 Å². The van der Waals surface area contributed by atoms with Gasteiger partial charge in [-0.05, 0) is 29.5 Å². The molecule has 0 aliphatic carbocycles. The Bertz CT molecular complexity index is 799. The summed E-state index contributed by atoms with van der Waals surface area (Å²) in [5, 5.41) is 2.03. The van der Waals surface area contributed by atoms with Gasteiger partial charge in [-0.2, -0.15) is 0 Å². The Kier molecular flexibility index (Phi) is 3.28. The Morgan fingerprint density at radius 3 is 2.35 bits per heavy atom. The maximum atomic E-state index is 12.8. The van der Waals surface area contributed by atoms with E-state index in [0.717, 1.165) is 27.1 Å². The first kappa shape index (κ1) is 12.9. The maximum Gasteiger partial charge on any atom is 0.198 e. The summed E-state index contributed by atoms with van der Waals surface area (Å²) in [5.74, 6) is 0. The van der Waals surface area contributed by atoms with E-state index in [1.165, 1.54) is 0 Å². The molecule has 0 aliphatic heterocycles. The van der Waals surface area contributed by atoms with Crippen molar-refractivity contribution in [1.29, 1.82) is 0 Å². The topological polar surface area (TPSA) is 22.0 Å². The van der Waals surface area contributed by atoms with Gasteiger partial charge in [0.15, 0.2) is 5.43 Å². The van der Waals surface area contributed by atoms with Crippen LogP contribution in [0.1, 0.15) is 5.56 Å². The van der Waals surface area contributed by atoms with Gasteiger partial charge in [-0.1, -0.05) is 30.3 Å². The van der Waals surface area contributed by atoms with E-state index in [0.29, 0.717) is 0 Å². The minimum atomic E-state index is 0.0971. The third-order valence-corrected chi connectivity index (χ3v) is 4.40. The summed E-state index contributed by atoms with van der Waals surface area (Å²) in [6.45, 7) is 2.04. The summed E-state index contributed by atoms with van der Waals surface area (Å²) in [6.07, 6.45) is 3.80. The normalized spacial score (nSPS) is 10.7. The molecule has 0 amide bonds. The number of pyridine rings is 1. The lowest BCUT2D eigenvalue weighted by molar-refractivity contribution is 0.905. The first-order valence-electron chi connectivity index (χ1n) is 6.47. The summed E-state index contributed by atoms with van der Waals surface area (Å²) >= 11 is 1.62. The molecule has 0 bridgehead atoms. The Balaban J connectivity index is 2.27. The maximum absolute atomic E-state index is 12.8. The number of aromatic nitrogens is 1. The summed E-state index contributed by atoms with van der Waals surface area (Å²) in [4.78, 5) is 13.8. The van der Waals surface area contributed by atoms with Crippen molar-refractivity contribution in [1.82, 2.24) is 4.57 Å². The lowest BCUT2D eigenvalue weighted by Crippen LogP contribution is -2.11. The third-order valence-electron chi connectivity index (χ3n) is 3.35. The number of aryl methyl sites for hydroxylation is 2. The Morgan fingerprint density at radius 2 is 1.70 bits per heavy atom. The fraction of sp³-hybridized carbons (Fsp3) is 0.118. The zero-order chi connectivity index (χ0) is 14.1. The minimum absolute atomic E-state index is 0.0971. The van der Waals surface area contributed by atoms with Gasteiger partial charge in [0.25, 0.3) is 0 Å². The highest BCUT2D eigenvalue weighted by Crippen LogP contribution is 2.28. The molecule has 2 heterocycles. The second-order valence-corrected chi connectivity index (χ2v) is 5.80. The Labute approximate surface area is 122 Å². The van der Waals surface area contributed by atoms with E-state index in [1.807, 2.05) is 66.6 Å². The fourth-order valence-electron chi connectivity index (χ4n) is 2.34. The molecule has 0 spiro atoms. The second kappa shape index (κ2) is 5.10. The smallest absolute Gasteiger partial charge is 0.198 e. The first-order valence-corrected chi connectivity index (χ1v) is 7.35. The molecule has 3 rings (SSSR count). The highest BCUT2D eigenvalue weighted by atomic mass is 32.1. The number of thiophene rings is 1. The van der Waals surface area contributed by atoms with Crippen molar-refractivity contribution in [2.75, 3.05) is 0 Å². The molecule has 0 unspecified atom stereocenters. The lowest BCUT2D eigenvalue weighted by atomic mass is 10.0. The van der Waals surface area contributed by atoms with Crippen LogP contribution >= 0.6 is 11.3 Å². The molecule has 1 aromatic carbocycles. The summed E-state index contributed by atoms with van der Waals surface area (Å²) in [7, 11) is 1.96. The van der Waals surface area contributed by atoms with Gasteiger partial charge in [0.05, 0.1) is 5.56 Å². The second-order valence-electron chi connectivity index (χ2n) is 4.88. The van der Waals surface area contributed by atoms with Crippen molar-refractivity contribution in [2.45, 2.75) is 6.92 Å². The van der Waals surface area contributed by atoms with Gasteiger partial charge in [0, 0.05) is 29.9 Å². The van der Waals surface area contributed by atoms with Crippen LogP contribution in [0.2, 0.25) is 0 Å². The molecule has 0 fully saturated rings. The molecule has 3 heteroatoms. The van der Waals surface area contributed by atoms with Gasteiger partial charge in [0.2, 0.25) is 0 Å². The summed E-state index contributed by atoms with van der Waals surface area (Å²) < 4.78 is 1.96. The molecule has 100 valence electrons. The van der Waals surface area contributed by atoms with Crippen LogP contribution in [0, 0.1) is 6.92 Å². The predicted octanol–water partition coefficient (Wildman–Crippen LogP) is 4.09. The molecule has 0 atom stereocenters. The minimum Gasteiger partial charge on any atom is -0.356 e. The average molecular weight is 281 g/mol. The monoisotopic (exact) mass is 281 g/mol. The van der Waals surface area contributed by atoms with E-state index in [4.69, 9.17) is 0 Å². The van der Waals surface area contributed by atoms with Crippen molar-refractivity contribution < 1.29 is 0 Å². The Morgan fingerprint density at radius 1 is 1.00 bits per heavy atom. The van der Waals surface area contributed by atoms with Crippen LogP contribution in [0.25, 0.3) is 21.6 Å². The van der Waals surface area contributed by atoms with Gasteiger partial charge >= 0.3 is 0 Å². The standard InChI is InChI=1S/C17H15NOS/c1-12-8-9-20-17(12)15-11-18(2)10-14(16(15)19)13-6-4-3-5-7-13/h3-11H,1-2H3. The van der Waals surface area contributed by atoms with Crippen LogP contribution in [0.3, 0.4) is 0 Å². The van der Waals surface area contributed by atoms with E-state index < -0.39 is 0 Å². The molecule has 0 saturated heterocycles. The molecule has 0 aliphatic rings. The lowest BCUT2D eigenvalue weighted by Gasteiger charge is -2.08. The highest BCUT2D eigenvalue weighted by molar-refractivity contribution is 7.13. The molecule has 0 radical (unpaired) electrons. The number of benzene rings is 1. The number of hydrogen-bond acceptors (Lipinski definition) is 2. The van der Waals surface area contributed by atoms with Crippen LogP contribution in [0.5, 0.6) is 0 Å². The SMILES string of the molecule is Cc1ccsc1-c1cn(C)cc(-c2ccccc2)c1=O. The largest absolute Gasteiger partial charge is 0.356 e. The number of nitrogens with zero attached hydrogens (tertiary/aromatic N) is 1. The van der Waals surface area contributed by atoms with Crippen molar-refractivity contribution in [2.24, 2.45) is 7.05 Å². The molecule has 20 heavy (non-hydrogen) atoms. The van der Waals surface area contributed by atoms with E-state index in [2.05, 4.69) is 6.07 Å². The Hall–Kier alpha value is -2.13. The molecule has 0 N–H and O–H groups in total. The quantitative estimate of drug-likeness (QED) is 0.693. The fourth-order valence-corrected chi connectivity index (χ4v) is 3.28. The van der Waals surface area contributed by atoms with Crippen molar-refractivity contribution in [3.8, 4) is 21.6 Å². The third kappa shape index (κ3) is 2.21.